The summed E-state index contributed by atoms with van der Waals surface area (Å²) in [5.41, 5.74) is 4.83. The molecule has 1 aliphatic heterocycles. The fraction of sp³-hybridized carbons (Fsp3) is 0.333. The number of piperidine rings is 1. The SMILES string of the molecule is N#C[C@@H]1CCCCN1C(=O)OCC1c2ccccc2-c2ccccc21. The van der Waals surface area contributed by atoms with Gasteiger partial charge in [-0.05, 0) is 41.5 Å². The number of hydrogen-bond donors (Lipinski definition) is 0. The van der Waals surface area contributed by atoms with Gasteiger partial charge in [0.05, 0.1) is 6.07 Å². The van der Waals surface area contributed by atoms with Crippen molar-refractivity contribution in [2.45, 2.75) is 31.2 Å². The van der Waals surface area contributed by atoms with Crippen LogP contribution in [0.2, 0.25) is 0 Å². The molecule has 0 aromatic heterocycles. The monoisotopic (exact) mass is 332 g/mol. The van der Waals surface area contributed by atoms with Crippen LogP contribution in [0.5, 0.6) is 0 Å². The van der Waals surface area contributed by atoms with Crippen molar-refractivity contribution in [2.24, 2.45) is 0 Å². The molecule has 1 amide bonds. The Morgan fingerprint density at radius 2 is 1.72 bits per heavy atom. The highest BCUT2D eigenvalue weighted by atomic mass is 16.6. The van der Waals surface area contributed by atoms with Crippen LogP contribution in [0.25, 0.3) is 11.1 Å². The number of hydrogen-bond acceptors (Lipinski definition) is 3. The zero-order chi connectivity index (χ0) is 17.2. The summed E-state index contributed by atoms with van der Waals surface area (Å²) >= 11 is 0. The van der Waals surface area contributed by atoms with E-state index in [-0.39, 0.29) is 18.1 Å². The molecule has 4 heteroatoms. The minimum Gasteiger partial charge on any atom is -0.448 e. The van der Waals surface area contributed by atoms with Gasteiger partial charge in [-0.15, -0.1) is 0 Å². The van der Waals surface area contributed by atoms with Crippen LogP contribution >= 0.6 is 0 Å². The van der Waals surface area contributed by atoms with Gasteiger partial charge in [0.25, 0.3) is 0 Å². The van der Waals surface area contributed by atoms with E-state index in [0.717, 1.165) is 19.3 Å². The molecule has 4 rings (SSSR count). The number of carbonyl (C=O) groups excluding carboxylic acids is 1. The van der Waals surface area contributed by atoms with Gasteiger partial charge in [-0.25, -0.2) is 4.79 Å². The Morgan fingerprint density at radius 1 is 1.08 bits per heavy atom. The van der Waals surface area contributed by atoms with Crippen LogP contribution in [-0.2, 0) is 4.74 Å². The summed E-state index contributed by atoms with van der Waals surface area (Å²) in [7, 11) is 0. The lowest BCUT2D eigenvalue weighted by Crippen LogP contribution is -2.43. The number of ether oxygens (including phenoxy) is 1. The van der Waals surface area contributed by atoms with Gasteiger partial charge in [0.15, 0.2) is 0 Å². The average Bonchev–Trinajstić information content (AvgIpc) is 3.00. The van der Waals surface area contributed by atoms with Crippen LogP contribution < -0.4 is 0 Å². The molecule has 0 N–H and O–H groups in total. The molecule has 1 fully saturated rings. The van der Waals surface area contributed by atoms with Crippen LogP contribution in [0.1, 0.15) is 36.3 Å². The molecule has 126 valence electrons. The largest absolute Gasteiger partial charge is 0.448 e. The second kappa shape index (κ2) is 6.60. The number of benzene rings is 2. The number of likely N-dealkylation sites (tertiary alicyclic amines) is 1. The molecule has 1 saturated heterocycles. The first kappa shape index (κ1) is 15.7. The topological polar surface area (TPSA) is 53.3 Å². The molecule has 1 heterocycles. The van der Waals surface area contributed by atoms with E-state index in [4.69, 9.17) is 4.74 Å². The highest BCUT2D eigenvalue weighted by Gasteiger charge is 2.31. The van der Waals surface area contributed by atoms with Gasteiger partial charge < -0.3 is 4.74 Å². The van der Waals surface area contributed by atoms with Crippen LogP contribution in [0.3, 0.4) is 0 Å². The lowest BCUT2D eigenvalue weighted by atomic mass is 9.98. The molecule has 0 saturated carbocycles. The number of nitriles is 1. The molecular formula is C21H20N2O2. The minimum atomic E-state index is -0.367. The second-order valence-corrected chi connectivity index (χ2v) is 6.64. The van der Waals surface area contributed by atoms with Gasteiger partial charge in [-0.1, -0.05) is 48.5 Å². The van der Waals surface area contributed by atoms with E-state index in [0.29, 0.717) is 13.2 Å². The van der Waals surface area contributed by atoms with Gasteiger partial charge in [-0.3, -0.25) is 4.90 Å². The van der Waals surface area contributed by atoms with E-state index in [2.05, 4.69) is 30.3 Å². The zero-order valence-corrected chi connectivity index (χ0v) is 14.0. The molecule has 2 aromatic rings. The first-order valence-electron chi connectivity index (χ1n) is 8.81. The van der Waals surface area contributed by atoms with Gasteiger partial charge in [-0.2, -0.15) is 5.26 Å². The first-order valence-corrected chi connectivity index (χ1v) is 8.81. The molecule has 0 radical (unpaired) electrons. The van der Waals surface area contributed by atoms with Crippen LogP contribution in [-0.4, -0.2) is 30.2 Å². The van der Waals surface area contributed by atoms with Crippen LogP contribution in [0.15, 0.2) is 48.5 Å². The van der Waals surface area contributed by atoms with E-state index in [9.17, 15) is 10.1 Å². The standard InChI is InChI=1S/C21H20N2O2/c22-13-15-7-5-6-12-23(15)21(24)25-14-20-18-10-3-1-8-16(18)17-9-2-4-11-19(17)20/h1-4,8-11,15,20H,5-7,12,14H2/t15-/m0/s1. The lowest BCUT2D eigenvalue weighted by Gasteiger charge is -2.30. The molecule has 4 nitrogen and oxygen atoms in total. The summed E-state index contributed by atoms with van der Waals surface area (Å²) in [6, 6.07) is 18.4. The molecule has 1 atom stereocenters. The number of fused-ring (bicyclic) bond motifs is 3. The van der Waals surface area contributed by atoms with Gasteiger partial charge in [0.2, 0.25) is 0 Å². The summed E-state index contributed by atoms with van der Waals surface area (Å²) in [5.74, 6) is 0.0571. The van der Waals surface area contributed by atoms with Crippen molar-refractivity contribution in [2.75, 3.05) is 13.2 Å². The molecule has 0 spiro atoms. The highest BCUT2D eigenvalue weighted by molar-refractivity contribution is 5.79. The fourth-order valence-electron chi connectivity index (χ4n) is 3.96. The summed E-state index contributed by atoms with van der Waals surface area (Å²) in [4.78, 5) is 14.1. The number of carbonyl (C=O) groups is 1. The average molecular weight is 332 g/mol. The smallest absolute Gasteiger partial charge is 0.410 e. The van der Waals surface area contributed by atoms with Crippen molar-refractivity contribution >= 4 is 6.09 Å². The number of rotatable bonds is 2. The Bertz CT molecular complexity index is 794. The maximum absolute atomic E-state index is 12.5. The Balaban J connectivity index is 1.53. The Kier molecular flexibility index (Phi) is 4.15. The van der Waals surface area contributed by atoms with Crippen molar-refractivity contribution in [1.29, 1.82) is 5.26 Å². The lowest BCUT2D eigenvalue weighted by molar-refractivity contribution is 0.0821. The molecular weight excluding hydrogens is 312 g/mol. The fourth-order valence-corrected chi connectivity index (χ4v) is 3.96. The quantitative estimate of drug-likeness (QED) is 0.823. The van der Waals surface area contributed by atoms with E-state index in [1.54, 1.807) is 4.90 Å². The first-order chi connectivity index (χ1) is 12.3. The third-order valence-electron chi connectivity index (χ3n) is 5.22. The van der Waals surface area contributed by atoms with Crippen LogP contribution in [0.4, 0.5) is 4.79 Å². The summed E-state index contributed by atoms with van der Waals surface area (Å²) in [6.07, 6.45) is 2.29. The maximum Gasteiger partial charge on any atom is 0.410 e. The van der Waals surface area contributed by atoms with Crippen LogP contribution in [0, 0.1) is 11.3 Å². The second-order valence-electron chi connectivity index (χ2n) is 6.64. The minimum absolute atomic E-state index is 0.0571. The molecule has 2 aromatic carbocycles. The third kappa shape index (κ3) is 2.76. The third-order valence-corrected chi connectivity index (χ3v) is 5.22. The van der Waals surface area contributed by atoms with Crippen molar-refractivity contribution in [3.8, 4) is 17.2 Å². The van der Waals surface area contributed by atoms with Crippen molar-refractivity contribution in [3.63, 3.8) is 0 Å². The predicted molar refractivity (Wildman–Crippen MR) is 95.0 cm³/mol. The van der Waals surface area contributed by atoms with Gasteiger partial charge in [0.1, 0.15) is 12.6 Å². The maximum atomic E-state index is 12.5. The van der Waals surface area contributed by atoms with E-state index >= 15 is 0 Å². The molecule has 2 aliphatic rings. The van der Waals surface area contributed by atoms with Crippen molar-refractivity contribution in [3.05, 3.63) is 59.7 Å². The zero-order valence-electron chi connectivity index (χ0n) is 14.0. The molecule has 1 aliphatic carbocycles. The van der Waals surface area contributed by atoms with Crippen molar-refractivity contribution < 1.29 is 9.53 Å². The van der Waals surface area contributed by atoms with E-state index in [1.807, 2.05) is 24.3 Å². The van der Waals surface area contributed by atoms with Gasteiger partial charge in [0, 0.05) is 12.5 Å². The number of amides is 1. The van der Waals surface area contributed by atoms with Gasteiger partial charge >= 0.3 is 6.09 Å². The molecule has 0 unspecified atom stereocenters. The molecule has 0 bridgehead atoms. The number of nitrogens with zero attached hydrogens (tertiary/aromatic N) is 2. The molecule has 25 heavy (non-hydrogen) atoms. The van der Waals surface area contributed by atoms with E-state index in [1.165, 1.54) is 22.3 Å². The summed E-state index contributed by atoms with van der Waals surface area (Å²) in [5, 5.41) is 9.25. The van der Waals surface area contributed by atoms with Crippen molar-refractivity contribution in [1.82, 2.24) is 4.90 Å². The Morgan fingerprint density at radius 3 is 2.36 bits per heavy atom. The summed E-state index contributed by atoms with van der Waals surface area (Å²) in [6.45, 7) is 0.913. The predicted octanol–water partition coefficient (Wildman–Crippen LogP) is 4.31. The summed E-state index contributed by atoms with van der Waals surface area (Å²) < 4.78 is 5.65. The Hall–Kier alpha value is -2.80. The highest BCUT2D eigenvalue weighted by Crippen LogP contribution is 2.44. The Labute approximate surface area is 147 Å². The van der Waals surface area contributed by atoms with E-state index < -0.39 is 0 Å². The normalized spacial score (nSPS) is 19.0.